The van der Waals surface area contributed by atoms with Gasteiger partial charge in [-0.15, -0.1) is 0 Å². The molecule has 0 unspecified atom stereocenters. The number of rotatable bonds is 8. The van der Waals surface area contributed by atoms with E-state index >= 15 is 0 Å². The number of carbonyl (C=O) groups excluding carboxylic acids is 2. The van der Waals surface area contributed by atoms with Gasteiger partial charge >= 0.3 is 5.97 Å². The van der Waals surface area contributed by atoms with Crippen molar-refractivity contribution in [2.75, 3.05) is 27.4 Å². The van der Waals surface area contributed by atoms with E-state index in [1.54, 1.807) is 25.1 Å². The third-order valence-corrected chi connectivity index (χ3v) is 2.79. The Morgan fingerprint density at radius 2 is 1.86 bits per heavy atom. The molecular formula is C15H21NO5. The number of hydrogen-bond donors (Lipinski definition) is 1. The maximum Gasteiger partial charge on any atom is 0.305 e. The van der Waals surface area contributed by atoms with E-state index in [9.17, 15) is 9.59 Å². The van der Waals surface area contributed by atoms with Gasteiger partial charge in [0.15, 0.2) is 11.5 Å². The van der Waals surface area contributed by atoms with Crippen LogP contribution in [0.25, 0.3) is 0 Å². The fourth-order valence-corrected chi connectivity index (χ4v) is 1.75. The predicted octanol–water partition coefficient (Wildman–Crippen LogP) is 1.78. The van der Waals surface area contributed by atoms with E-state index in [0.29, 0.717) is 43.1 Å². The van der Waals surface area contributed by atoms with Crippen LogP contribution in [0.2, 0.25) is 0 Å². The molecule has 0 saturated heterocycles. The van der Waals surface area contributed by atoms with Gasteiger partial charge < -0.3 is 19.5 Å². The highest BCUT2D eigenvalue weighted by atomic mass is 16.5. The Labute approximate surface area is 124 Å². The van der Waals surface area contributed by atoms with Gasteiger partial charge in [-0.25, -0.2) is 0 Å². The fraction of sp³-hybridized carbons (Fsp3) is 0.467. The molecule has 1 rings (SSSR count). The average Bonchev–Trinajstić information content (AvgIpc) is 2.50. The molecule has 0 heterocycles. The second-order valence-electron chi connectivity index (χ2n) is 4.23. The SMILES string of the molecule is CCOC(=O)CCCNC(=O)c1ccc(OC)c(OC)c1. The van der Waals surface area contributed by atoms with Crippen molar-refractivity contribution in [3.63, 3.8) is 0 Å². The van der Waals surface area contributed by atoms with E-state index in [4.69, 9.17) is 14.2 Å². The largest absolute Gasteiger partial charge is 0.493 e. The van der Waals surface area contributed by atoms with Gasteiger partial charge in [0.05, 0.1) is 20.8 Å². The summed E-state index contributed by atoms with van der Waals surface area (Å²) in [6.45, 7) is 2.54. The quantitative estimate of drug-likeness (QED) is 0.584. The number of esters is 1. The normalized spacial score (nSPS) is 9.86. The van der Waals surface area contributed by atoms with Gasteiger partial charge in [0, 0.05) is 18.5 Å². The molecule has 0 spiro atoms. The maximum atomic E-state index is 12.0. The molecule has 0 aromatic heterocycles. The van der Waals surface area contributed by atoms with Crippen molar-refractivity contribution in [2.45, 2.75) is 19.8 Å². The zero-order valence-electron chi connectivity index (χ0n) is 12.6. The van der Waals surface area contributed by atoms with E-state index in [0.717, 1.165) is 0 Å². The van der Waals surface area contributed by atoms with Crippen molar-refractivity contribution in [2.24, 2.45) is 0 Å². The van der Waals surface area contributed by atoms with Crippen LogP contribution in [0.4, 0.5) is 0 Å². The lowest BCUT2D eigenvalue weighted by molar-refractivity contribution is -0.143. The van der Waals surface area contributed by atoms with E-state index < -0.39 is 0 Å². The molecule has 21 heavy (non-hydrogen) atoms. The Bertz CT molecular complexity index is 487. The van der Waals surface area contributed by atoms with Gasteiger partial charge in [0.1, 0.15) is 0 Å². The third-order valence-electron chi connectivity index (χ3n) is 2.79. The first-order valence-electron chi connectivity index (χ1n) is 6.78. The van der Waals surface area contributed by atoms with Crippen LogP contribution in [-0.2, 0) is 9.53 Å². The number of benzene rings is 1. The Hall–Kier alpha value is -2.24. The summed E-state index contributed by atoms with van der Waals surface area (Å²) in [6, 6.07) is 4.94. The topological polar surface area (TPSA) is 73.9 Å². The van der Waals surface area contributed by atoms with Crippen molar-refractivity contribution < 1.29 is 23.8 Å². The van der Waals surface area contributed by atoms with Gasteiger partial charge in [-0.1, -0.05) is 0 Å². The Balaban J connectivity index is 2.47. The summed E-state index contributed by atoms with van der Waals surface area (Å²) in [5, 5.41) is 2.74. The fourth-order valence-electron chi connectivity index (χ4n) is 1.75. The lowest BCUT2D eigenvalue weighted by Crippen LogP contribution is -2.25. The maximum absolute atomic E-state index is 12.0. The number of hydrogen-bond acceptors (Lipinski definition) is 5. The van der Waals surface area contributed by atoms with Crippen LogP contribution in [0.15, 0.2) is 18.2 Å². The smallest absolute Gasteiger partial charge is 0.305 e. The number of carbonyl (C=O) groups is 2. The summed E-state index contributed by atoms with van der Waals surface area (Å²) in [5.41, 5.74) is 0.476. The molecule has 116 valence electrons. The van der Waals surface area contributed by atoms with Crippen molar-refractivity contribution in [3.8, 4) is 11.5 Å². The van der Waals surface area contributed by atoms with Crippen molar-refractivity contribution in [3.05, 3.63) is 23.8 Å². The van der Waals surface area contributed by atoms with Crippen molar-refractivity contribution >= 4 is 11.9 Å². The molecule has 0 aliphatic carbocycles. The minimum absolute atomic E-state index is 0.222. The average molecular weight is 295 g/mol. The summed E-state index contributed by atoms with van der Waals surface area (Å²) in [6.07, 6.45) is 0.831. The monoisotopic (exact) mass is 295 g/mol. The molecule has 0 saturated carbocycles. The number of ether oxygens (including phenoxy) is 3. The zero-order chi connectivity index (χ0) is 15.7. The molecule has 0 radical (unpaired) electrons. The lowest BCUT2D eigenvalue weighted by atomic mass is 10.2. The molecule has 1 amide bonds. The molecule has 1 aromatic carbocycles. The highest BCUT2D eigenvalue weighted by Gasteiger charge is 2.10. The van der Waals surface area contributed by atoms with Crippen LogP contribution in [0.5, 0.6) is 11.5 Å². The molecule has 0 bridgehead atoms. The first-order chi connectivity index (χ1) is 10.1. The van der Waals surface area contributed by atoms with Gasteiger partial charge in [0.25, 0.3) is 5.91 Å². The first-order valence-corrected chi connectivity index (χ1v) is 6.78. The van der Waals surface area contributed by atoms with Gasteiger partial charge in [-0.05, 0) is 31.5 Å². The van der Waals surface area contributed by atoms with E-state index in [1.807, 2.05) is 0 Å². The molecular weight excluding hydrogens is 274 g/mol. The predicted molar refractivity (Wildman–Crippen MR) is 77.7 cm³/mol. The highest BCUT2D eigenvalue weighted by molar-refractivity contribution is 5.94. The molecule has 0 aliphatic rings. The Morgan fingerprint density at radius 1 is 1.14 bits per heavy atom. The molecule has 1 N–H and O–H groups in total. The molecule has 0 aliphatic heterocycles. The summed E-state index contributed by atoms with van der Waals surface area (Å²) >= 11 is 0. The minimum Gasteiger partial charge on any atom is -0.493 e. The lowest BCUT2D eigenvalue weighted by Gasteiger charge is -2.10. The molecule has 1 aromatic rings. The van der Waals surface area contributed by atoms with E-state index in [-0.39, 0.29) is 11.9 Å². The summed E-state index contributed by atoms with van der Waals surface area (Å²) in [5.74, 6) is 0.589. The van der Waals surface area contributed by atoms with Crippen LogP contribution in [0, 0.1) is 0 Å². The zero-order valence-corrected chi connectivity index (χ0v) is 12.6. The molecule has 0 fully saturated rings. The standard InChI is InChI=1S/C15H21NO5/c1-4-21-14(17)6-5-9-16-15(18)11-7-8-12(19-2)13(10-11)20-3/h7-8,10H,4-6,9H2,1-3H3,(H,16,18). The van der Waals surface area contributed by atoms with Gasteiger partial charge in [0.2, 0.25) is 0 Å². The molecule has 6 heteroatoms. The van der Waals surface area contributed by atoms with Crippen LogP contribution in [-0.4, -0.2) is 39.2 Å². The molecule has 6 nitrogen and oxygen atoms in total. The summed E-state index contributed by atoms with van der Waals surface area (Å²) in [4.78, 5) is 23.1. The summed E-state index contributed by atoms with van der Waals surface area (Å²) in [7, 11) is 3.05. The number of amides is 1. The number of methoxy groups -OCH3 is 2. The van der Waals surface area contributed by atoms with E-state index in [1.165, 1.54) is 14.2 Å². The van der Waals surface area contributed by atoms with Gasteiger partial charge in [-0.3, -0.25) is 9.59 Å². The van der Waals surface area contributed by atoms with Crippen LogP contribution in [0.3, 0.4) is 0 Å². The highest BCUT2D eigenvalue weighted by Crippen LogP contribution is 2.27. The Kier molecular flexibility index (Phi) is 7.08. The van der Waals surface area contributed by atoms with Crippen LogP contribution in [0.1, 0.15) is 30.1 Å². The minimum atomic E-state index is -0.252. The number of nitrogens with one attached hydrogen (secondary N) is 1. The van der Waals surface area contributed by atoms with Crippen molar-refractivity contribution in [1.29, 1.82) is 0 Å². The van der Waals surface area contributed by atoms with Crippen LogP contribution < -0.4 is 14.8 Å². The van der Waals surface area contributed by atoms with Crippen LogP contribution >= 0.6 is 0 Å². The summed E-state index contributed by atoms with van der Waals surface area (Å²) < 4.78 is 15.1. The Morgan fingerprint density at radius 3 is 2.48 bits per heavy atom. The third kappa shape index (κ3) is 5.33. The second kappa shape index (κ2) is 8.84. The van der Waals surface area contributed by atoms with E-state index in [2.05, 4.69) is 5.32 Å². The molecule has 0 atom stereocenters. The second-order valence-corrected chi connectivity index (χ2v) is 4.23. The van der Waals surface area contributed by atoms with Crippen molar-refractivity contribution in [1.82, 2.24) is 5.32 Å². The first kappa shape index (κ1) is 16.8. The van der Waals surface area contributed by atoms with Gasteiger partial charge in [-0.2, -0.15) is 0 Å².